The second kappa shape index (κ2) is 9.12. The first kappa shape index (κ1) is 20.8. The van der Waals surface area contributed by atoms with Crippen molar-refractivity contribution < 1.29 is 9.13 Å². The molecular weight excluding hydrogens is 435 g/mol. The first-order chi connectivity index (χ1) is 15.1. The lowest BCUT2D eigenvalue weighted by Crippen LogP contribution is -2.14. The predicted molar refractivity (Wildman–Crippen MR) is 119 cm³/mol. The van der Waals surface area contributed by atoms with Gasteiger partial charge in [0.25, 0.3) is 5.56 Å². The molecule has 0 aliphatic carbocycles. The fourth-order valence-electron chi connectivity index (χ4n) is 2.82. The van der Waals surface area contributed by atoms with Gasteiger partial charge < -0.3 is 9.72 Å². The highest BCUT2D eigenvalue weighted by Crippen LogP contribution is 2.28. The van der Waals surface area contributed by atoms with Crippen LogP contribution in [0.5, 0.6) is 5.75 Å². The molecule has 4 aromatic rings. The van der Waals surface area contributed by atoms with E-state index in [-0.39, 0.29) is 11.4 Å². The van der Waals surface area contributed by atoms with Gasteiger partial charge in [0.05, 0.1) is 18.5 Å². The number of thiazole rings is 1. The van der Waals surface area contributed by atoms with Crippen LogP contribution < -0.4 is 10.3 Å². The minimum absolute atomic E-state index is 0.0400. The van der Waals surface area contributed by atoms with E-state index in [1.165, 1.54) is 35.2 Å². The smallest absolute Gasteiger partial charge is 0.270 e. The topological polar surface area (TPSA) is 91.7 Å². The van der Waals surface area contributed by atoms with Crippen LogP contribution in [0, 0.1) is 17.1 Å². The number of H-pyrrole nitrogens is 1. The van der Waals surface area contributed by atoms with Crippen LogP contribution in [0.25, 0.3) is 21.8 Å². The molecule has 0 fully saturated rings. The van der Waals surface area contributed by atoms with Crippen LogP contribution in [0.3, 0.4) is 0 Å². The summed E-state index contributed by atoms with van der Waals surface area (Å²) in [5, 5.41) is 12.5. The van der Waals surface area contributed by atoms with Crippen molar-refractivity contribution in [2.24, 2.45) is 0 Å². The van der Waals surface area contributed by atoms with Gasteiger partial charge in [-0.15, -0.1) is 11.3 Å². The summed E-state index contributed by atoms with van der Waals surface area (Å²) in [6.45, 7) is 0. The number of benzene rings is 2. The number of halogens is 1. The summed E-state index contributed by atoms with van der Waals surface area (Å²) in [4.78, 5) is 24.1. The molecule has 0 aliphatic heterocycles. The van der Waals surface area contributed by atoms with E-state index in [9.17, 15) is 14.4 Å². The van der Waals surface area contributed by atoms with Crippen molar-refractivity contribution in [3.63, 3.8) is 0 Å². The maximum Gasteiger partial charge on any atom is 0.270 e. The van der Waals surface area contributed by atoms with Crippen LogP contribution in [-0.4, -0.2) is 22.1 Å². The summed E-state index contributed by atoms with van der Waals surface area (Å²) in [7, 11) is 1.57. The summed E-state index contributed by atoms with van der Waals surface area (Å²) in [6, 6.07) is 15.1. The molecule has 9 heteroatoms. The minimum atomic E-state index is -0.490. The quantitative estimate of drug-likeness (QED) is 0.333. The molecule has 0 aliphatic rings. The zero-order valence-electron chi connectivity index (χ0n) is 16.3. The first-order valence-corrected chi connectivity index (χ1v) is 11.0. The molecule has 0 saturated heterocycles. The van der Waals surface area contributed by atoms with Gasteiger partial charge in [-0.1, -0.05) is 11.8 Å². The number of nitriles is 1. The third-order valence-corrected chi connectivity index (χ3v) is 6.22. The molecule has 2 aromatic heterocycles. The van der Waals surface area contributed by atoms with Crippen molar-refractivity contribution >= 4 is 23.1 Å². The largest absolute Gasteiger partial charge is 0.497 e. The zero-order valence-corrected chi connectivity index (χ0v) is 17.9. The Bertz CT molecular complexity index is 1310. The maximum absolute atomic E-state index is 13.1. The van der Waals surface area contributed by atoms with Gasteiger partial charge in [-0.3, -0.25) is 4.79 Å². The molecule has 6 nitrogen and oxygen atoms in total. The molecule has 0 bridgehead atoms. The molecule has 0 saturated carbocycles. The number of aromatic amines is 1. The van der Waals surface area contributed by atoms with Gasteiger partial charge >= 0.3 is 0 Å². The molecule has 1 N–H and O–H groups in total. The van der Waals surface area contributed by atoms with Crippen LogP contribution in [0.2, 0.25) is 0 Å². The second-order valence-electron chi connectivity index (χ2n) is 6.37. The predicted octanol–water partition coefficient (Wildman–Crippen LogP) is 4.87. The Morgan fingerprint density at radius 3 is 2.52 bits per heavy atom. The molecule has 2 heterocycles. The van der Waals surface area contributed by atoms with Gasteiger partial charge in [-0.2, -0.15) is 5.26 Å². The highest BCUT2D eigenvalue weighted by atomic mass is 32.2. The first-order valence-electron chi connectivity index (χ1n) is 9.09. The van der Waals surface area contributed by atoms with Crippen molar-refractivity contribution in [3.05, 3.63) is 81.3 Å². The molecule has 0 unspecified atom stereocenters. The van der Waals surface area contributed by atoms with E-state index in [2.05, 4.69) is 15.0 Å². The van der Waals surface area contributed by atoms with Gasteiger partial charge in [-0.25, -0.2) is 14.4 Å². The van der Waals surface area contributed by atoms with Gasteiger partial charge in [0.2, 0.25) is 0 Å². The average Bonchev–Trinajstić information content (AvgIpc) is 3.27. The summed E-state index contributed by atoms with van der Waals surface area (Å²) >= 11 is 2.78. The summed E-state index contributed by atoms with van der Waals surface area (Å²) in [5.41, 5.74) is 2.10. The molecule has 154 valence electrons. The third-order valence-electron chi connectivity index (χ3n) is 4.37. The van der Waals surface area contributed by atoms with E-state index in [0.717, 1.165) is 16.3 Å². The van der Waals surface area contributed by atoms with Crippen molar-refractivity contribution in [1.29, 1.82) is 5.26 Å². The average molecular weight is 451 g/mol. The molecule has 0 amide bonds. The molecular formula is C22H15FN4O2S2. The Morgan fingerprint density at radius 2 is 1.84 bits per heavy atom. The Morgan fingerprint density at radius 1 is 1.13 bits per heavy atom. The molecule has 0 atom stereocenters. The van der Waals surface area contributed by atoms with Crippen LogP contribution in [0.15, 0.2) is 63.9 Å². The number of hydrogen-bond acceptors (Lipinski definition) is 7. The van der Waals surface area contributed by atoms with Crippen molar-refractivity contribution in [1.82, 2.24) is 15.0 Å². The lowest BCUT2D eigenvalue weighted by molar-refractivity contribution is 0.415. The Hall–Kier alpha value is -3.48. The van der Waals surface area contributed by atoms with E-state index in [1.54, 1.807) is 43.5 Å². The minimum Gasteiger partial charge on any atom is -0.497 e. The van der Waals surface area contributed by atoms with Crippen molar-refractivity contribution in [2.45, 2.75) is 10.9 Å². The summed E-state index contributed by atoms with van der Waals surface area (Å²) in [6.07, 6.45) is 0. The van der Waals surface area contributed by atoms with Crippen LogP contribution in [0.4, 0.5) is 4.39 Å². The van der Waals surface area contributed by atoms with Gasteiger partial charge in [-0.05, 0) is 48.5 Å². The van der Waals surface area contributed by atoms with E-state index in [4.69, 9.17) is 4.74 Å². The Kier molecular flexibility index (Phi) is 6.11. The Labute approximate surface area is 185 Å². The molecule has 2 aromatic carbocycles. The number of rotatable bonds is 6. The maximum atomic E-state index is 13.1. The number of methoxy groups -OCH3 is 1. The van der Waals surface area contributed by atoms with E-state index in [0.29, 0.717) is 27.9 Å². The third kappa shape index (κ3) is 4.66. The van der Waals surface area contributed by atoms with Crippen LogP contribution in [0.1, 0.15) is 11.3 Å². The standard InChI is InChI=1S/C22H15FN4O2S2/c1-29-17-8-4-13(5-9-17)19-18(10-24)20(28)27-22(26-19)31-12-16-11-30-21(25-16)14-2-6-15(23)7-3-14/h2-9,11H,12H2,1H3,(H,26,27,28). The van der Waals surface area contributed by atoms with E-state index < -0.39 is 5.56 Å². The van der Waals surface area contributed by atoms with Gasteiger partial charge in [0.1, 0.15) is 28.2 Å². The van der Waals surface area contributed by atoms with E-state index >= 15 is 0 Å². The van der Waals surface area contributed by atoms with Gasteiger partial charge in [0.15, 0.2) is 5.16 Å². The molecule has 4 rings (SSSR count). The lowest BCUT2D eigenvalue weighted by atomic mass is 10.1. The van der Waals surface area contributed by atoms with Crippen molar-refractivity contribution in [3.8, 4) is 33.6 Å². The summed E-state index contributed by atoms with van der Waals surface area (Å²) < 4.78 is 18.3. The van der Waals surface area contributed by atoms with E-state index in [1.807, 2.05) is 11.4 Å². The number of aromatic nitrogens is 3. The highest BCUT2D eigenvalue weighted by Gasteiger charge is 2.14. The SMILES string of the molecule is COc1ccc(-c2nc(SCc3csc(-c4ccc(F)cc4)n3)[nH]c(=O)c2C#N)cc1. The van der Waals surface area contributed by atoms with Crippen LogP contribution >= 0.6 is 23.1 Å². The normalized spacial score (nSPS) is 10.6. The fourth-order valence-corrected chi connectivity index (χ4v) is 4.51. The molecule has 31 heavy (non-hydrogen) atoms. The number of nitrogens with zero attached hydrogens (tertiary/aromatic N) is 3. The fraction of sp³-hybridized carbons (Fsp3) is 0.0909. The Balaban J connectivity index is 1.56. The van der Waals surface area contributed by atoms with Gasteiger partial charge in [0, 0.05) is 22.3 Å². The number of hydrogen-bond donors (Lipinski definition) is 1. The number of thioether (sulfide) groups is 1. The lowest BCUT2D eigenvalue weighted by Gasteiger charge is -2.07. The second-order valence-corrected chi connectivity index (χ2v) is 8.20. The van der Waals surface area contributed by atoms with Crippen molar-refractivity contribution in [2.75, 3.05) is 7.11 Å². The zero-order chi connectivity index (χ0) is 21.8. The molecule has 0 spiro atoms. The summed E-state index contributed by atoms with van der Waals surface area (Å²) in [5.74, 6) is 0.857. The number of ether oxygens (including phenoxy) is 1. The monoisotopic (exact) mass is 450 g/mol. The molecule has 0 radical (unpaired) electrons. The highest BCUT2D eigenvalue weighted by molar-refractivity contribution is 7.98. The number of nitrogens with one attached hydrogen (secondary N) is 1. The van der Waals surface area contributed by atoms with Crippen LogP contribution in [-0.2, 0) is 5.75 Å².